The van der Waals surface area contributed by atoms with E-state index in [4.69, 9.17) is 9.47 Å². The summed E-state index contributed by atoms with van der Waals surface area (Å²) in [6.07, 6.45) is 0. The lowest BCUT2D eigenvalue weighted by Crippen LogP contribution is -2.44. The molecule has 1 fully saturated rings. The summed E-state index contributed by atoms with van der Waals surface area (Å²) < 4.78 is 11.2. The SMILES string of the molecule is Cc1cccc(C)c1OCC(=O)NC[C@H](c1cccs1)N1CCOCC1. The maximum Gasteiger partial charge on any atom is 0.258 e. The van der Waals surface area contributed by atoms with Crippen molar-refractivity contribution in [2.45, 2.75) is 19.9 Å². The zero-order chi connectivity index (χ0) is 18.4. The van der Waals surface area contributed by atoms with E-state index in [1.54, 1.807) is 11.3 Å². The lowest BCUT2D eigenvalue weighted by Gasteiger charge is -2.34. The zero-order valence-electron chi connectivity index (χ0n) is 15.4. The summed E-state index contributed by atoms with van der Waals surface area (Å²) >= 11 is 1.73. The minimum atomic E-state index is -0.0949. The Hall–Kier alpha value is -1.89. The molecule has 1 amide bonds. The van der Waals surface area contributed by atoms with Crippen molar-refractivity contribution >= 4 is 17.2 Å². The average Bonchev–Trinajstić information content (AvgIpc) is 3.17. The number of benzene rings is 1. The smallest absolute Gasteiger partial charge is 0.258 e. The van der Waals surface area contributed by atoms with E-state index in [1.807, 2.05) is 32.0 Å². The summed E-state index contributed by atoms with van der Waals surface area (Å²) in [7, 11) is 0. The maximum absolute atomic E-state index is 12.3. The molecular weight excluding hydrogens is 348 g/mol. The van der Waals surface area contributed by atoms with Crippen LogP contribution in [0.2, 0.25) is 0 Å². The third kappa shape index (κ3) is 4.84. The number of nitrogens with one attached hydrogen (secondary N) is 1. The molecule has 0 saturated carbocycles. The lowest BCUT2D eigenvalue weighted by molar-refractivity contribution is -0.123. The van der Waals surface area contributed by atoms with Crippen molar-refractivity contribution < 1.29 is 14.3 Å². The Morgan fingerprint density at radius 2 is 1.96 bits per heavy atom. The zero-order valence-corrected chi connectivity index (χ0v) is 16.2. The number of nitrogens with zero attached hydrogens (tertiary/aromatic N) is 1. The van der Waals surface area contributed by atoms with Crippen LogP contribution in [0, 0.1) is 13.8 Å². The third-order valence-electron chi connectivity index (χ3n) is 4.61. The summed E-state index contributed by atoms with van der Waals surface area (Å²) in [6.45, 7) is 7.85. The van der Waals surface area contributed by atoms with Gasteiger partial charge in [-0.15, -0.1) is 11.3 Å². The number of rotatable bonds is 7. The number of aryl methyl sites for hydroxylation is 2. The van der Waals surface area contributed by atoms with Crippen LogP contribution >= 0.6 is 11.3 Å². The predicted molar refractivity (Wildman–Crippen MR) is 104 cm³/mol. The number of carbonyl (C=O) groups excluding carboxylic acids is 1. The van der Waals surface area contributed by atoms with Crippen molar-refractivity contribution in [3.8, 4) is 5.75 Å². The van der Waals surface area contributed by atoms with Crippen LogP contribution in [-0.2, 0) is 9.53 Å². The minimum absolute atomic E-state index is 0.0337. The van der Waals surface area contributed by atoms with E-state index in [9.17, 15) is 4.79 Å². The van der Waals surface area contributed by atoms with E-state index >= 15 is 0 Å². The van der Waals surface area contributed by atoms with Crippen molar-refractivity contribution in [1.82, 2.24) is 10.2 Å². The molecule has 2 aromatic rings. The molecule has 0 bridgehead atoms. The Morgan fingerprint density at radius 1 is 1.23 bits per heavy atom. The first-order valence-electron chi connectivity index (χ1n) is 8.96. The van der Waals surface area contributed by atoms with Crippen molar-refractivity contribution in [2.24, 2.45) is 0 Å². The van der Waals surface area contributed by atoms with Gasteiger partial charge in [-0.25, -0.2) is 0 Å². The highest BCUT2D eigenvalue weighted by Crippen LogP contribution is 2.25. The van der Waals surface area contributed by atoms with Gasteiger partial charge in [0.15, 0.2) is 6.61 Å². The molecule has 0 aliphatic carbocycles. The summed E-state index contributed by atoms with van der Waals surface area (Å²) in [5.41, 5.74) is 2.09. The second-order valence-electron chi connectivity index (χ2n) is 6.49. The summed E-state index contributed by atoms with van der Waals surface area (Å²) in [4.78, 5) is 16.0. The first kappa shape index (κ1) is 18.9. The van der Waals surface area contributed by atoms with E-state index in [2.05, 4.69) is 27.7 Å². The molecule has 6 heteroatoms. The summed E-state index contributed by atoms with van der Waals surface area (Å²) in [5.74, 6) is 0.702. The molecule has 0 spiro atoms. The molecule has 5 nitrogen and oxygen atoms in total. The second kappa shape index (κ2) is 9.16. The highest BCUT2D eigenvalue weighted by Gasteiger charge is 2.24. The van der Waals surface area contributed by atoms with Crippen LogP contribution in [0.1, 0.15) is 22.0 Å². The second-order valence-corrected chi connectivity index (χ2v) is 7.47. The van der Waals surface area contributed by atoms with Gasteiger partial charge in [0.05, 0.1) is 19.3 Å². The molecule has 140 valence electrons. The molecule has 1 aliphatic rings. The number of thiophene rings is 1. The van der Waals surface area contributed by atoms with Gasteiger partial charge >= 0.3 is 0 Å². The Labute approximate surface area is 158 Å². The number of amides is 1. The Kier molecular flexibility index (Phi) is 6.66. The summed E-state index contributed by atoms with van der Waals surface area (Å²) in [6, 6.07) is 10.3. The third-order valence-corrected chi connectivity index (χ3v) is 5.58. The Morgan fingerprint density at radius 3 is 2.62 bits per heavy atom. The standard InChI is InChI=1S/C20H26N2O3S/c1-15-5-3-6-16(2)20(15)25-14-19(23)21-13-17(18-7-4-12-26-18)22-8-10-24-11-9-22/h3-7,12,17H,8-11,13-14H2,1-2H3,(H,21,23)/t17-/m1/s1. The van der Waals surface area contributed by atoms with Gasteiger partial charge in [0.1, 0.15) is 5.75 Å². The molecule has 1 N–H and O–H groups in total. The molecule has 2 heterocycles. The number of ether oxygens (including phenoxy) is 2. The fourth-order valence-corrected chi connectivity index (χ4v) is 4.07. The van der Waals surface area contributed by atoms with Crippen molar-refractivity contribution in [3.63, 3.8) is 0 Å². The Balaban J connectivity index is 1.55. The van der Waals surface area contributed by atoms with E-state index in [1.165, 1.54) is 4.88 Å². The number of carbonyl (C=O) groups is 1. The molecule has 3 rings (SSSR count). The topological polar surface area (TPSA) is 50.8 Å². The minimum Gasteiger partial charge on any atom is -0.483 e. The van der Waals surface area contributed by atoms with Gasteiger partial charge < -0.3 is 14.8 Å². The van der Waals surface area contributed by atoms with Crippen LogP contribution in [0.4, 0.5) is 0 Å². The van der Waals surface area contributed by atoms with Gasteiger partial charge in [-0.05, 0) is 36.4 Å². The van der Waals surface area contributed by atoms with Crippen molar-refractivity contribution in [1.29, 1.82) is 0 Å². The molecule has 1 aliphatic heterocycles. The monoisotopic (exact) mass is 374 g/mol. The molecule has 26 heavy (non-hydrogen) atoms. The van der Waals surface area contributed by atoms with Gasteiger partial charge in [-0.2, -0.15) is 0 Å². The number of morpholine rings is 1. The van der Waals surface area contributed by atoms with Gasteiger partial charge in [0.25, 0.3) is 5.91 Å². The van der Waals surface area contributed by atoms with Crippen molar-refractivity contribution in [3.05, 3.63) is 51.7 Å². The first-order valence-corrected chi connectivity index (χ1v) is 9.84. The van der Waals surface area contributed by atoms with Gasteiger partial charge in [0, 0.05) is 24.5 Å². The molecule has 0 radical (unpaired) electrons. The van der Waals surface area contributed by atoms with E-state index < -0.39 is 0 Å². The maximum atomic E-state index is 12.3. The van der Waals surface area contributed by atoms with Gasteiger partial charge in [-0.1, -0.05) is 24.3 Å². The number of hydrogen-bond donors (Lipinski definition) is 1. The molecular formula is C20H26N2O3S. The Bertz CT molecular complexity index is 692. The molecule has 0 unspecified atom stereocenters. The van der Waals surface area contributed by atoms with Crippen molar-refractivity contribution in [2.75, 3.05) is 39.5 Å². The fourth-order valence-electron chi connectivity index (χ4n) is 3.21. The normalized spacial score (nSPS) is 16.2. The van der Waals surface area contributed by atoms with Crippen LogP contribution in [0.5, 0.6) is 5.75 Å². The quantitative estimate of drug-likeness (QED) is 0.810. The van der Waals surface area contributed by atoms with Crippen LogP contribution < -0.4 is 10.1 Å². The number of para-hydroxylation sites is 1. The lowest BCUT2D eigenvalue weighted by atomic mass is 10.1. The first-order chi connectivity index (χ1) is 12.6. The largest absolute Gasteiger partial charge is 0.483 e. The fraction of sp³-hybridized carbons (Fsp3) is 0.450. The van der Waals surface area contributed by atoms with Crippen LogP contribution in [-0.4, -0.2) is 50.3 Å². The molecule has 1 atom stereocenters. The molecule has 1 aromatic heterocycles. The molecule has 1 aromatic carbocycles. The van der Waals surface area contributed by atoms with Gasteiger partial charge in [-0.3, -0.25) is 9.69 Å². The van der Waals surface area contributed by atoms with E-state index in [0.717, 1.165) is 43.2 Å². The molecule has 1 saturated heterocycles. The summed E-state index contributed by atoms with van der Waals surface area (Å²) in [5, 5.41) is 5.12. The average molecular weight is 375 g/mol. The van der Waals surface area contributed by atoms with Gasteiger partial charge in [0.2, 0.25) is 0 Å². The number of hydrogen-bond acceptors (Lipinski definition) is 5. The van der Waals surface area contributed by atoms with Crippen LogP contribution in [0.3, 0.4) is 0 Å². The highest BCUT2D eigenvalue weighted by atomic mass is 32.1. The van der Waals surface area contributed by atoms with E-state index in [-0.39, 0.29) is 18.6 Å². The van der Waals surface area contributed by atoms with Crippen LogP contribution in [0.15, 0.2) is 35.7 Å². The predicted octanol–water partition coefficient (Wildman–Crippen LogP) is 2.93. The van der Waals surface area contributed by atoms with Crippen LogP contribution in [0.25, 0.3) is 0 Å². The van der Waals surface area contributed by atoms with E-state index in [0.29, 0.717) is 6.54 Å². The highest BCUT2D eigenvalue weighted by molar-refractivity contribution is 7.10.